The third-order valence-electron chi connectivity index (χ3n) is 6.25. The maximum Gasteiger partial charge on any atom is 0.294 e. The van der Waals surface area contributed by atoms with E-state index in [1.54, 1.807) is 18.4 Å². The van der Waals surface area contributed by atoms with Crippen LogP contribution >= 0.6 is 0 Å². The van der Waals surface area contributed by atoms with Crippen LogP contribution in [0.4, 0.5) is 5.69 Å². The van der Waals surface area contributed by atoms with Gasteiger partial charge in [0.15, 0.2) is 5.76 Å². The highest BCUT2D eigenvalue weighted by Crippen LogP contribution is 2.32. The van der Waals surface area contributed by atoms with E-state index < -0.39 is 0 Å². The third-order valence-corrected chi connectivity index (χ3v) is 6.25. The summed E-state index contributed by atoms with van der Waals surface area (Å²) in [6.07, 6.45) is 4.57. The summed E-state index contributed by atoms with van der Waals surface area (Å²) in [4.78, 5) is 18.0. The van der Waals surface area contributed by atoms with Crippen molar-refractivity contribution in [1.82, 2.24) is 4.90 Å². The van der Waals surface area contributed by atoms with Crippen LogP contribution in [0.2, 0.25) is 0 Å². The topological polar surface area (TPSA) is 36.7 Å². The zero-order valence-electron chi connectivity index (χ0n) is 18.5. The lowest BCUT2D eigenvalue weighted by molar-refractivity contribution is 0.0933. The highest BCUT2D eigenvalue weighted by molar-refractivity contribution is 6.05. The quantitative estimate of drug-likeness (QED) is 0.491. The molecule has 162 valence electrons. The summed E-state index contributed by atoms with van der Waals surface area (Å²) in [5, 5.41) is 0. The van der Waals surface area contributed by atoms with Gasteiger partial charge >= 0.3 is 0 Å². The Balaban J connectivity index is 1.50. The molecule has 4 heteroatoms. The van der Waals surface area contributed by atoms with Crippen LogP contribution in [-0.2, 0) is 6.42 Å². The van der Waals surface area contributed by atoms with Gasteiger partial charge in [-0.15, -0.1) is 0 Å². The second-order valence-electron chi connectivity index (χ2n) is 8.67. The molecule has 1 aliphatic heterocycles. The predicted octanol–water partition coefficient (Wildman–Crippen LogP) is 5.76. The Bertz CT molecular complexity index is 958. The van der Waals surface area contributed by atoms with Crippen molar-refractivity contribution in [3.63, 3.8) is 0 Å². The molecule has 0 spiro atoms. The molecule has 2 aromatic carbocycles. The van der Waals surface area contributed by atoms with Gasteiger partial charge in [0.1, 0.15) is 0 Å². The Labute approximate surface area is 185 Å². The molecule has 0 unspecified atom stereocenters. The predicted molar refractivity (Wildman–Crippen MR) is 126 cm³/mol. The third kappa shape index (κ3) is 5.08. The molecule has 1 aromatic heterocycles. The first-order valence-electron chi connectivity index (χ1n) is 11.4. The first kappa shape index (κ1) is 21.4. The molecule has 1 amide bonds. The number of hydrogen-bond donors (Lipinski definition) is 0. The maximum absolute atomic E-state index is 13.5. The summed E-state index contributed by atoms with van der Waals surface area (Å²) in [6.45, 7) is 7.43. The number of anilines is 1. The summed E-state index contributed by atoms with van der Waals surface area (Å²) < 4.78 is 5.50. The van der Waals surface area contributed by atoms with Crippen LogP contribution < -0.4 is 4.90 Å². The van der Waals surface area contributed by atoms with Crippen molar-refractivity contribution in [2.24, 2.45) is 0 Å². The van der Waals surface area contributed by atoms with Crippen molar-refractivity contribution in [1.29, 1.82) is 0 Å². The van der Waals surface area contributed by atoms with Crippen LogP contribution in [0.15, 0.2) is 77.4 Å². The number of likely N-dealkylation sites (tertiary alicyclic amines) is 1. The molecule has 0 aliphatic carbocycles. The van der Waals surface area contributed by atoms with Crippen molar-refractivity contribution < 1.29 is 9.21 Å². The molecule has 0 atom stereocenters. The maximum atomic E-state index is 13.5. The molecule has 0 bridgehead atoms. The molecule has 3 aromatic rings. The van der Waals surface area contributed by atoms with Crippen LogP contribution in [0.1, 0.15) is 54.3 Å². The minimum absolute atomic E-state index is 0.0409. The summed E-state index contributed by atoms with van der Waals surface area (Å²) in [5.74, 6) is 0.708. The van der Waals surface area contributed by atoms with Gasteiger partial charge in [0.2, 0.25) is 0 Å². The van der Waals surface area contributed by atoms with Gasteiger partial charge < -0.3 is 14.2 Å². The Morgan fingerprint density at radius 2 is 1.71 bits per heavy atom. The van der Waals surface area contributed by atoms with Crippen molar-refractivity contribution in [3.8, 4) is 0 Å². The monoisotopic (exact) mass is 416 g/mol. The standard InChI is InChI=1S/C27H32N2O2/c1-21(2)24-11-6-7-12-25(24)29(27(30)26-13-8-20-31-26)23-15-18-28(19-16-23)17-14-22-9-4-3-5-10-22/h3-13,20-21,23H,14-19H2,1-2H3. The molecule has 0 radical (unpaired) electrons. The minimum Gasteiger partial charge on any atom is -0.459 e. The van der Waals surface area contributed by atoms with Crippen molar-refractivity contribution in [2.45, 2.75) is 45.1 Å². The molecule has 1 aliphatic rings. The smallest absolute Gasteiger partial charge is 0.294 e. The molecular formula is C27H32N2O2. The van der Waals surface area contributed by atoms with Gasteiger partial charge in [0.25, 0.3) is 5.91 Å². The Kier molecular flexibility index (Phi) is 6.88. The van der Waals surface area contributed by atoms with Crippen LogP contribution in [0.3, 0.4) is 0 Å². The van der Waals surface area contributed by atoms with E-state index >= 15 is 0 Å². The number of furan rings is 1. The average molecular weight is 417 g/mol. The number of hydrogen-bond acceptors (Lipinski definition) is 3. The summed E-state index contributed by atoms with van der Waals surface area (Å²) in [5.41, 5.74) is 3.60. The number of carbonyl (C=O) groups is 1. The largest absolute Gasteiger partial charge is 0.459 e. The van der Waals surface area contributed by atoms with Crippen LogP contribution in [0.5, 0.6) is 0 Å². The fourth-order valence-electron chi connectivity index (χ4n) is 4.52. The first-order valence-corrected chi connectivity index (χ1v) is 11.4. The average Bonchev–Trinajstić information content (AvgIpc) is 3.35. The number of benzene rings is 2. The number of nitrogens with zero attached hydrogens (tertiary/aromatic N) is 2. The lowest BCUT2D eigenvalue weighted by Gasteiger charge is -2.39. The molecule has 1 fully saturated rings. The van der Waals surface area contributed by atoms with E-state index in [9.17, 15) is 4.79 Å². The molecule has 0 N–H and O–H groups in total. The van der Waals surface area contributed by atoms with E-state index in [2.05, 4.69) is 67.3 Å². The van der Waals surface area contributed by atoms with E-state index in [0.29, 0.717) is 11.7 Å². The van der Waals surface area contributed by atoms with Gasteiger partial charge in [-0.05, 0) is 54.5 Å². The number of para-hydroxylation sites is 1. The zero-order chi connectivity index (χ0) is 21.6. The first-order chi connectivity index (χ1) is 15.1. The lowest BCUT2D eigenvalue weighted by atomic mass is 9.96. The normalized spacial score (nSPS) is 15.3. The molecular weight excluding hydrogens is 384 g/mol. The highest BCUT2D eigenvalue weighted by atomic mass is 16.3. The summed E-state index contributed by atoms with van der Waals surface area (Å²) in [7, 11) is 0. The molecule has 0 saturated carbocycles. The van der Waals surface area contributed by atoms with Crippen molar-refractivity contribution >= 4 is 11.6 Å². The summed E-state index contributed by atoms with van der Waals surface area (Å²) >= 11 is 0. The molecule has 31 heavy (non-hydrogen) atoms. The van der Waals surface area contributed by atoms with E-state index in [0.717, 1.165) is 44.6 Å². The van der Waals surface area contributed by atoms with Crippen LogP contribution in [0, 0.1) is 0 Å². The van der Waals surface area contributed by atoms with Crippen molar-refractivity contribution in [2.75, 3.05) is 24.5 Å². The van der Waals surface area contributed by atoms with Gasteiger partial charge in [-0.25, -0.2) is 0 Å². The number of piperidine rings is 1. The fourth-order valence-corrected chi connectivity index (χ4v) is 4.52. The van der Waals surface area contributed by atoms with Gasteiger partial charge in [0.05, 0.1) is 6.26 Å². The number of rotatable bonds is 7. The SMILES string of the molecule is CC(C)c1ccccc1N(C(=O)c1ccco1)C1CCN(CCc2ccccc2)CC1. The van der Waals surface area contributed by atoms with Gasteiger partial charge in [-0.3, -0.25) is 4.79 Å². The zero-order valence-corrected chi connectivity index (χ0v) is 18.5. The Morgan fingerprint density at radius 1 is 1.00 bits per heavy atom. The fraction of sp³-hybridized carbons (Fsp3) is 0.370. The number of amides is 1. The van der Waals surface area contributed by atoms with Gasteiger partial charge in [0, 0.05) is 31.4 Å². The second kappa shape index (κ2) is 9.97. The minimum atomic E-state index is -0.0409. The Morgan fingerprint density at radius 3 is 2.39 bits per heavy atom. The van der Waals surface area contributed by atoms with E-state index in [1.165, 1.54) is 11.1 Å². The van der Waals surface area contributed by atoms with E-state index in [-0.39, 0.29) is 11.9 Å². The molecule has 1 saturated heterocycles. The summed E-state index contributed by atoms with van der Waals surface area (Å²) in [6, 6.07) is 22.7. The highest BCUT2D eigenvalue weighted by Gasteiger charge is 2.32. The van der Waals surface area contributed by atoms with Gasteiger partial charge in [-0.2, -0.15) is 0 Å². The van der Waals surface area contributed by atoms with Crippen molar-refractivity contribution in [3.05, 3.63) is 89.9 Å². The van der Waals surface area contributed by atoms with Crippen LogP contribution in [-0.4, -0.2) is 36.5 Å². The van der Waals surface area contributed by atoms with Gasteiger partial charge in [-0.1, -0.05) is 62.4 Å². The van der Waals surface area contributed by atoms with Crippen LogP contribution in [0.25, 0.3) is 0 Å². The second-order valence-corrected chi connectivity index (χ2v) is 8.67. The van der Waals surface area contributed by atoms with E-state index in [1.807, 2.05) is 11.0 Å². The molecule has 2 heterocycles. The Hall–Kier alpha value is -2.85. The van der Waals surface area contributed by atoms with E-state index in [4.69, 9.17) is 4.42 Å². The number of carbonyl (C=O) groups excluding carboxylic acids is 1. The molecule has 4 nitrogen and oxygen atoms in total. The molecule has 4 rings (SSSR count). The lowest BCUT2D eigenvalue weighted by Crippen LogP contribution is -2.48.